The number of aromatic hydroxyl groups is 1. The zero-order valence-electron chi connectivity index (χ0n) is 28.6. The number of hydrogen-bond donors (Lipinski definition) is 3. The number of urea groups is 1. The molecule has 2 aromatic carbocycles. The normalized spacial score (nSPS) is 20.8. The SMILES string of the molecule is CNS(=O)(=O)N1CCC(N2CCN(C(=O)C(Cc3cc(Br)c(O)c(Br)c3)OC(=O)N3CCC(N4CCc5ccccc5NC4=O)CC3)CC2)CC1. The van der Waals surface area contributed by atoms with Crippen LogP contribution < -0.4 is 10.0 Å². The Kier molecular flexibility index (Phi) is 12.1. The van der Waals surface area contributed by atoms with Gasteiger partial charge in [0.05, 0.1) is 8.95 Å². The van der Waals surface area contributed by atoms with E-state index >= 15 is 0 Å². The molecule has 17 heteroatoms. The van der Waals surface area contributed by atoms with Crippen molar-refractivity contribution in [3.05, 3.63) is 56.5 Å². The Morgan fingerprint density at radius 1 is 0.922 bits per heavy atom. The molecule has 14 nitrogen and oxygen atoms in total. The third kappa shape index (κ3) is 8.82. The minimum atomic E-state index is -3.45. The van der Waals surface area contributed by atoms with E-state index in [0.29, 0.717) is 99.1 Å². The summed E-state index contributed by atoms with van der Waals surface area (Å²) in [6.07, 6.45) is 1.82. The molecule has 51 heavy (non-hydrogen) atoms. The summed E-state index contributed by atoms with van der Waals surface area (Å²) in [5, 5.41) is 13.3. The van der Waals surface area contributed by atoms with Gasteiger partial charge in [0, 0.05) is 90.1 Å². The van der Waals surface area contributed by atoms with Crippen molar-refractivity contribution < 1.29 is 32.6 Å². The third-order valence-corrected chi connectivity index (χ3v) is 13.3. The molecule has 0 bridgehead atoms. The quantitative estimate of drug-likeness (QED) is 0.364. The number of piperidine rings is 2. The van der Waals surface area contributed by atoms with E-state index in [9.17, 15) is 27.9 Å². The number of anilines is 1. The zero-order chi connectivity index (χ0) is 36.3. The summed E-state index contributed by atoms with van der Waals surface area (Å²) in [5.74, 6) is -0.247. The van der Waals surface area contributed by atoms with Gasteiger partial charge in [0.25, 0.3) is 16.1 Å². The molecule has 0 saturated carbocycles. The number of nitrogens with zero attached hydrogens (tertiary/aromatic N) is 5. The van der Waals surface area contributed by atoms with E-state index in [1.165, 1.54) is 11.4 Å². The molecule has 0 aromatic heterocycles. The first kappa shape index (κ1) is 37.8. The molecule has 3 N–H and O–H groups in total. The monoisotopic (exact) mass is 853 g/mol. The van der Waals surface area contributed by atoms with Crippen molar-refractivity contribution in [3.63, 3.8) is 0 Å². The molecule has 3 fully saturated rings. The summed E-state index contributed by atoms with van der Waals surface area (Å²) in [6.45, 7) is 4.45. The molecule has 4 heterocycles. The van der Waals surface area contributed by atoms with Crippen LogP contribution in [0.4, 0.5) is 15.3 Å². The van der Waals surface area contributed by atoms with Crippen LogP contribution in [0.25, 0.3) is 0 Å². The number of halogens is 2. The van der Waals surface area contributed by atoms with Gasteiger partial charge >= 0.3 is 12.1 Å². The summed E-state index contributed by atoms with van der Waals surface area (Å²) >= 11 is 6.73. The van der Waals surface area contributed by atoms with Crippen LogP contribution in [0.15, 0.2) is 45.3 Å². The number of phenols is 1. The fourth-order valence-electron chi connectivity index (χ4n) is 7.51. The molecule has 2 aromatic rings. The fourth-order valence-corrected chi connectivity index (χ4v) is 9.74. The maximum absolute atomic E-state index is 14.1. The molecule has 1 unspecified atom stereocenters. The molecule has 4 aliphatic rings. The highest BCUT2D eigenvalue weighted by Gasteiger charge is 2.37. The van der Waals surface area contributed by atoms with Gasteiger partial charge in [0.15, 0.2) is 6.10 Å². The van der Waals surface area contributed by atoms with Gasteiger partial charge in [-0.25, -0.2) is 14.3 Å². The summed E-state index contributed by atoms with van der Waals surface area (Å²) in [5.41, 5.74) is 2.63. The van der Waals surface area contributed by atoms with Crippen LogP contribution >= 0.6 is 31.9 Å². The number of amides is 4. The van der Waals surface area contributed by atoms with Crippen LogP contribution in [0.5, 0.6) is 5.75 Å². The van der Waals surface area contributed by atoms with E-state index in [0.717, 1.165) is 17.7 Å². The molecule has 0 aliphatic carbocycles. The lowest BCUT2D eigenvalue weighted by molar-refractivity contribution is -0.143. The van der Waals surface area contributed by atoms with Crippen LogP contribution in [-0.4, -0.2) is 140 Å². The van der Waals surface area contributed by atoms with Crippen molar-refractivity contribution in [2.45, 2.75) is 56.7 Å². The highest BCUT2D eigenvalue weighted by atomic mass is 79.9. The Morgan fingerprint density at radius 3 is 2.20 bits per heavy atom. The number of carbonyl (C=O) groups is 3. The van der Waals surface area contributed by atoms with Gasteiger partial charge < -0.3 is 29.9 Å². The second-order valence-corrected chi connectivity index (χ2v) is 17.0. The minimum Gasteiger partial charge on any atom is -0.506 e. The van der Waals surface area contributed by atoms with Crippen LogP contribution in [0, 0.1) is 0 Å². The van der Waals surface area contributed by atoms with E-state index in [2.05, 4.69) is 46.8 Å². The second-order valence-electron chi connectivity index (χ2n) is 13.4. The lowest BCUT2D eigenvalue weighted by Gasteiger charge is -2.43. The van der Waals surface area contributed by atoms with Gasteiger partial charge in [-0.2, -0.15) is 12.7 Å². The van der Waals surface area contributed by atoms with Crippen molar-refractivity contribution in [3.8, 4) is 5.75 Å². The van der Waals surface area contributed by atoms with Gasteiger partial charge in [-0.1, -0.05) is 18.2 Å². The van der Waals surface area contributed by atoms with Crippen molar-refractivity contribution in [2.24, 2.45) is 0 Å². The van der Waals surface area contributed by atoms with Crippen LogP contribution in [-0.2, 0) is 32.6 Å². The van der Waals surface area contributed by atoms with Gasteiger partial charge in [-0.3, -0.25) is 9.69 Å². The number of hydrogen-bond acceptors (Lipinski definition) is 8. The number of carbonyl (C=O) groups excluding carboxylic acids is 3. The summed E-state index contributed by atoms with van der Waals surface area (Å²) < 4.78 is 35.2. The zero-order valence-corrected chi connectivity index (χ0v) is 32.6. The van der Waals surface area contributed by atoms with E-state index < -0.39 is 22.4 Å². The topological polar surface area (TPSA) is 155 Å². The first-order chi connectivity index (χ1) is 24.4. The number of phenolic OH excluding ortho intramolecular Hbond substituents is 1. The molecule has 278 valence electrons. The Morgan fingerprint density at radius 2 is 1.55 bits per heavy atom. The number of para-hydroxylation sites is 1. The smallest absolute Gasteiger partial charge is 0.410 e. The Balaban J connectivity index is 1.07. The predicted molar refractivity (Wildman–Crippen MR) is 199 cm³/mol. The van der Waals surface area contributed by atoms with Crippen molar-refractivity contribution in [2.75, 3.05) is 71.3 Å². The molecule has 0 spiro atoms. The highest BCUT2D eigenvalue weighted by Crippen LogP contribution is 2.34. The van der Waals surface area contributed by atoms with Gasteiger partial charge in [-0.05, 0) is 93.3 Å². The molecular weight excluding hydrogens is 810 g/mol. The van der Waals surface area contributed by atoms with Crippen molar-refractivity contribution >= 4 is 65.8 Å². The van der Waals surface area contributed by atoms with Gasteiger partial charge in [0.1, 0.15) is 5.75 Å². The van der Waals surface area contributed by atoms with Crippen LogP contribution in [0.3, 0.4) is 0 Å². The first-order valence-corrected chi connectivity index (χ1v) is 20.5. The fraction of sp³-hybridized carbons (Fsp3) is 0.559. The number of piperazine rings is 1. The van der Waals surface area contributed by atoms with Crippen molar-refractivity contribution in [1.29, 1.82) is 0 Å². The lowest BCUT2D eigenvalue weighted by Crippen LogP contribution is -2.57. The van der Waals surface area contributed by atoms with E-state index in [1.54, 1.807) is 21.9 Å². The van der Waals surface area contributed by atoms with E-state index in [4.69, 9.17) is 4.74 Å². The second kappa shape index (κ2) is 16.4. The molecule has 3 saturated heterocycles. The van der Waals surface area contributed by atoms with Gasteiger partial charge in [0.2, 0.25) is 0 Å². The maximum Gasteiger partial charge on any atom is 0.410 e. The number of benzene rings is 2. The molecule has 0 radical (unpaired) electrons. The van der Waals surface area contributed by atoms with Crippen LogP contribution in [0.1, 0.15) is 36.8 Å². The number of likely N-dealkylation sites (tertiary alicyclic amines) is 1. The number of ether oxygens (including phenoxy) is 1. The summed E-state index contributed by atoms with van der Waals surface area (Å²) in [4.78, 5) is 48.3. The average molecular weight is 856 g/mol. The molecule has 6 rings (SSSR count). The highest BCUT2D eigenvalue weighted by molar-refractivity contribution is 9.11. The standard InChI is InChI=1S/C34H45Br2N7O7S/c1-37-51(48,49)42-13-9-25(10-14-42)39-16-18-40(19-17-39)32(45)30(22-23-20-27(35)31(44)28(36)21-23)50-34(47)41-11-7-26(8-12-41)43-15-6-24-4-2-3-5-29(24)38-33(43)46/h2-5,20-21,25-26,30,37,44H,6-19,22H2,1H3,(H,38,46). The number of rotatable bonds is 8. The molecular formula is C34H45Br2N7O7S. The van der Waals surface area contributed by atoms with Gasteiger partial charge in [-0.15, -0.1) is 0 Å². The predicted octanol–water partition coefficient (Wildman–Crippen LogP) is 3.59. The summed E-state index contributed by atoms with van der Waals surface area (Å²) in [6, 6.07) is 11.3. The van der Waals surface area contributed by atoms with E-state index in [-0.39, 0.29) is 36.2 Å². The Hall–Kier alpha value is -2.96. The number of fused-ring (bicyclic) bond motifs is 1. The van der Waals surface area contributed by atoms with E-state index in [1.807, 2.05) is 29.2 Å². The largest absolute Gasteiger partial charge is 0.506 e. The molecule has 4 amide bonds. The number of nitrogens with one attached hydrogen (secondary N) is 2. The van der Waals surface area contributed by atoms with Crippen molar-refractivity contribution in [1.82, 2.24) is 28.6 Å². The molecule has 1 atom stereocenters. The Bertz CT molecular complexity index is 1690. The van der Waals surface area contributed by atoms with Crippen LogP contribution in [0.2, 0.25) is 0 Å². The average Bonchev–Trinajstić information content (AvgIpc) is 3.31. The summed E-state index contributed by atoms with van der Waals surface area (Å²) in [7, 11) is -2.03. The minimum absolute atomic E-state index is 0.0243. The Labute approximate surface area is 315 Å². The maximum atomic E-state index is 14.1. The lowest BCUT2D eigenvalue weighted by atomic mass is 10.0. The first-order valence-electron chi connectivity index (χ1n) is 17.4. The molecule has 4 aliphatic heterocycles. The third-order valence-electron chi connectivity index (χ3n) is 10.5.